The lowest BCUT2D eigenvalue weighted by Crippen LogP contribution is -2.52. The second kappa shape index (κ2) is 9.28. The van der Waals surface area contributed by atoms with Crippen molar-refractivity contribution in [3.63, 3.8) is 0 Å². The van der Waals surface area contributed by atoms with Crippen molar-refractivity contribution in [1.29, 1.82) is 0 Å². The number of benzene rings is 2. The van der Waals surface area contributed by atoms with Gasteiger partial charge in [0.2, 0.25) is 0 Å². The van der Waals surface area contributed by atoms with E-state index in [9.17, 15) is 24.2 Å². The Kier molecular flexibility index (Phi) is 6.19. The van der Waals surface area contributed by atoms with Gasteiger partial charge >= 0.3 is 10.2 Å². The van der Waals surface area contributed by atoms with Gasteiger partial charge in [0.1, 0.15) is 10.5 Å². The van der Waals surface area contributed by atoms with Crippen LogP contribution in [0.1, 0.15) is 21.5 Å². The van der Waals surface area contributed by atoms with Gasteiger partial charge in [0.05, 0.1) is 17.5 Å². The molecule has 0 radical (unpaired) electrons. The highest BCUT2D eigenvalue weighted by molar-refractivity contribution is 8.45. The average molecular weight is 619 g/mol. The predicted octanol–water partition coefficient (Wildman–Crippen LogP) is 7.55. The van der Waals surface area contributed by atoms with Gasteiger partial charge in [0, 0.05) is 73.6 Å². The molecule has 3 aromatic heterocycles. The van der Waals surface area contributed by atoms with E-state index in [4.69, 9.17) is 4.74 Å². The number of pyridine rings is 1. The van der Waals surface area contributed by atoms with Gasteiger partial charge in [-0.3, -0.25) is 14.3 Å². The topological polar surface area (TPSA) is 76.7 Å². The number of hydrogen-bond donors (Lipinski definition) is 1. The second-order valence-electron chi connectivity index (χ2n) is 10.6. The van der Waals surface area contributed by atoms with Crippen molar-refractivity contribution in [2.45, 2.75) is 24.8 Å². The first-order valence-corrected chi connectivity index (χ1v) is 15.1. The molecule has 0 atom stereocenters. The van der Waals surface area contributed by atoms with E-state index in [0.717, 1.165) is 16.8 Å². The molecule has 1 aliphatic heterocycles. The maximum absolute atomic E-state index is 13.9. The van der Waals surface area contributed by atoms with E-state index in [-0.39, 0.29) is 30.9 Å². The predicted molar refractivity (Wildman–Crippen MR) is 156 cm³/mol. The number of methoxy groups -OCH3 is 1. The number of nitrogens with one attached hydrogen (secondary N) is 1. The highest BCUT2D eigenvalue weighted by Gasteiger charge is 2.65. The Bertz CT molecular complexity index is 1880. The fourth-order valence-corrected chi connectivity index (χ4v) is 5.78. The van der Waals surface area contributed by atoms with Crippen LogP contribution in [0.2, 0.25) is 0 Å². The summed E-state index contributed by atoms with van der Waals surface area (Å²) in [6, 6.07) is 10.9. The number of aromatic nitrogens is 4. The highest BCUT2D eigenvalue weighted by atomic mass is 32.5. The number of aryl methyl sites for hydroxylation is 2. The summed E-state index contributed by atoms with van der Waals surface area (Å²) >= 11 is 0. The van der Waals surface area contributed by atoms with Crippen LogP contribution in [0.25, 0.3) is 22.6 Å². The highest BCUT2D eigenvalue weighted by Crippen LogP contribution is 3.02. The number of halogens is 5. The van der Waals surface area contributed by atoms with Crippen LogP contribution in [-0.2, 0) is 4.74 Å². The molecule has 4 heterocycles. The summed E-state index contributed by atoms with van der Waals surface area (Å²) < 4.78 is 78.2. The van der Waals surface area contributed by atoms with Gasteiger partial charge in [-0.1, -0.05) is 25.5 Å². The van der Waals surface area contributed by atoms with Gasteiger partial charge < -0.3 is 15.0 Å². The van der Waals surface area contributed by atoms with Gasteiger partial charge in [0.15, 0.2) is 0 Å². The van der Waals surface area contributed by atoms with Crippen LogP contribution in [0.15, 0.2) is 78.2 Å². The standard InChI is InChI=1S/C29H27F5N6O2S/c1-18-9-19(2)27(39-7-8-40-28(39)14-26(37-40)20-5-4-6-35-15-20)13-25(18)36-29(41)21-10-22(38-16-23(17-38)42-3)12-24(11-21)43(30,31,32,33)34/h4-15,23H,16-17H2,1-3H3,(H,36,41). The van der Waals surface area contributed by atoms with E-state index in [0.29, 0.717) is 28.7 Å². The smallest absolute Gasteiger partial charge is 0.310 e. The van der Waals surface area contributed by atoms with Crippen LogP contribution in [0.4, 0.5) is 30.8 Å². The van der Waals surface area contributed by atoms with Gasteiger partial charge in [-0.15, -0.1) is 0 Å². The largest absolute Gasteiger partial charge is 0.378 e. The van der Waals surface area contributed by atoms with E-state index in [2.05, 4.69) is 15.4 Å². The molecule has 1 saturated heterocycles. The number of imidazole rings is 1. The monoisotopic (exact) mass is 618 g/mol. The number of nitrogens with zero attached hydrogens (tertiary/aromatic N) is 5. The molecular weight excluding hydrogens is 591 g/mol. The molecule has 226 valence electrons. The summed E-state index contributed by atoms with van der Waals surface area (Å²) in [4.78, 5) is 16.8. The number of anilines is 2. The summed E-state index contributed by atoms with van der Waals surface area (Å²) in [5, 5.41) is 7.23. The number of hydrogen-bond acceptors (Lipinski definition) is 5. The van der Waals surface area contributed by atoms with Crippen molar-refractivity contribution in [3.05, 3.63) is 90.0 Å². The van der Waals surface area contributed by atoms with E-state index in [1.807, 2.05) is 35.8 Å². The lowest BCUT2D eigenvalue weighted by molar-refractivity contribution is 0.0787. The van der Waals surface area contributed by atoms with Crippen LogP contribution in [-0.4, -0.2) is 51.4 Å². The number of carbonyl (C=O) groups is 1. The number of ether oxygens (including phenoxy) is 1. The first kappa shape index (κ1) is 28.7. The van der Waals surface area contributed by atoms with Gasteiger partial charge in [0.25, 0.3) is 5.91 Å². The van der Waals surface area contributed by atoms with Gasteiger partial charge in [-0.2, -0.15) is 5.10 Å². The normalized spacial score (nSPS) is 15.7. The molecular formula is C29H27F5N6O2S. The molecule has 6 rings (SSSR count). The summed E-state index contributed by atoms with van der Waals surface area (Å²) in [6.07, 6.45) is 6.68. The molecule has 1 N–H and O–H groups in total. The summed E-state index contributed by atoms with van der Waals surface area (Å²) in [6.45, 7) is 4.04. The van der Waals surface area contributed by atoms with Crippen molar-refractivity contribution >= 4 is 33.2 Å². The molecule has 0 aliphatic carbocycles. The van der Waals surface area contributed by atoms with Crippen molar-refractivity contribution in [2.75, 3.05) is 30.4 Å². The molecule has 0 bridgehead atoms. The minimum absolute atomic E-state index is 0.134. The summed E-state index contributed by atoms with van der Waals surface area (Å²) in [5.41, 5.74) is 4.07. The molecule has 1 fully saturated rings. The summed E-state index contributed by atoms with van der Waals surface area (Å²) in [5.74, 6) is -0.951. The van der Waals surface area contributed by atoms with Crippen LogP contribution >= 0.6 is 10.2 Å². The van der Waals surface area contributed by atoms with Gasteiger partial charge in [-0.25, -0.2) is 4.52 Å². The zero-order valence-electron chi connectivity index (χ0n) is 23.3. The fraction of sp³-hybridized carbons (Fsp3) is 0.207. The van der Waals surface area contributed by atoms with E-state index >= 15 is 0 Å². The van der Waals surface area contributed by atoms with Crippen molar-refractivity contribution in [2.24, 2.45) is 0 Å². The molecule has 14 heteroatoms. The minimum Gasteiger partial charge on any atom is -0.378 e. The average Bonchev–Trinajstić information content (AvgIpc) is 3.50. The molecule has 1 amide bonds. The van der Waals surface area contributed by atoms with Crippen LogP contribution in [0, 0.1) is 13.8 Å². The van der Waals surface area contributed by atoms with Gasteiger partial charge in [-0.05, 0) is 61.4 Å². The number of rotatable bonds is 7. The molecule has 8 nitrogen and oxygen atoms in total. The minimum atomic E-state index is -10.1. The third kappa shape index (κ3) is 5.55. The maximum Gasteiger partial charge on any atom is 0.310 e. The Labute approximate surface area is 243 Å². The maximum atomic E-state index is 13.9. The van der Waals surface area contributed by atoms with E-state index < -0.39 is 26.6 Å². The van der Waals surface area contributed by atoms with E-state index in [1.165, 1.54) is 18.1 Å². The van der Waals surface area contributed by atoms with E-state index in [1.54, 1.807) is 42.3 Å². The molecule has 5 aromatic rings. The fourth-order valence-electron chi connectivity index (χ4n) is 5.09. The number of fused-ring (bicyclic) bond motifs is 1. The lowest BCUT2D eigenvalue weighted by atomic mass is 10.1. The third-order valence-electron chi connectivity index (χ3n) is 7.47. The zero-order valence-corrected chi connectivity index (χ0v) is 24.1. The SMILES string of the molecule is COC1CN(c2cc(C(=O)Nc3cc(-n4ccn5nc(-c6cccnc6)cc45)c(C)cc3C)cc(S(F)(F)(F)(F)F)c2)C1. The molecule has 0 unspecified atom stereocenters. The van der Waals surface area contributed by atoms with Crippen molar-refractivity contribution in [1.82, 2.24) is 19.2 Å². The molecule has 43 heavy (non-hydrogen) atoms. The Morgan fingerprint density at radius 1 is 1.00 bits per heavy atom. The Morgan fingerprint density at radius 3 is 2.44 bits per heavy atom. The zero-order chi connectivity index (χ0) is 30.8. The summed E-state index contributed by atoms with van der Waals surface area (Å²) in [7, 11) is -8.63. The molecule has 2 aromatic carbocycles. The molecule has 0 saturated carbocycles. The second-order valence-corrected chi connectivity index (χ2v) is 13.0. The number of carbonyl (C=O) groups excluding carboxylic acids is 1. The Balaban J connectivity index is 1.36. The number of amides is 1. The quantitative estimate of drug-likeness (QED) is 0.191. The Morgan fingerprint density at radius 2 is 1.77 bits per heavy atom. The van der Waals surface area contributed by atoms with Crippen molar-refractivity contribution < 1.29 is 29.0 Å². The first-order valence-electron chi connectivity index (χ1n) is 13.2. The molecule has 0 spiro atoms. The third-order valence-corrected chi connectivity index (χ3v) is 8.60. The first-order chi connectivity index (χ1) is 20.1. The van der Waals surface area contributed by atoms with Crippen molar-refractivity contribution in [3.8, 4) is 16.9 Å². The Hall–Kier alpha value is -4.43. The van der Waals surface area contributed by atoms with Crippen LogP contribution < -0.4 is 10.2 Å². The van der Waals surface area contributed by atoms with Crippen LogP contribution in [0.5, 0.6) is 0 Å². The lowest BCUT2D eigenvalue weighted by Gasteiger charge is -2.43. The van der Waals surface area contributed by atoms with Crippen LogP contribution in [0.3, 0.4) is 0 Å². The molecule has 1 aliphatic rings.